The number of hydrogen-bond donors (Lipinski definition) is 1. The van der Waals surface area contributed by atoms with E-state index in [4.69, 9.17) is 9.47 Å². The van der Waals surface area contributed by atoms with E-state index >= 15 is 0 Å². The van der Waals surface area contributed by atoms with Crippen LogP contribution in [0.15, 0.2) is 73.6 Å². The molecule has 198 valence electrons. The lowest BCUT2D eigenvalue weighted by Gasteiger charge is -2.57. The van der Waals surface area contributed by atoms with Crippen molar-refractivity contribution in [3.8, 4) is 28.3 Å². The van der Waals surface area contributed by atoms with E-state index in [9.17, 15) is 0 Å². The van der Waals surface area contributed by atoms with Crippen molar-refractivity contribution in [3.63, 3.8) is 0 Å². The van der Waals surface area contributed by atoms with Gasteiger partial charge in [0.15, 0.2) is 0 Å². The molecule has 7 rings (SSSR count). The fraction of sp³-hybridized carbons (Fsp3) is 0.310. The SMILES string of the molecule is Cn1cc(-c2ccc(CNc3cc(-c4cnc5cc(OCCN6CCC67COC7)ccn45)ncn3)cc2)cn1. The monoisotopic (exact) mass is 522 g/mol. The number of fused-ring (bicyclic) bond motifs is 1. The predicted molar refractivity (Wildman–Crippen MR) is 147 cm³/mol. The van der Waals surface area contributed by atoms with Crippen molar-refractivity contribution in [3.05, 3.63) is 79.1 Å². The lowest BCUT2D eigenvalue weighted by molar-refractivity contribution is -0.193. The number of aryl methyl sites for hydroxylation is 1. The van der Waals surface area contributed by atoms with Gasteiger partial charge in [-0.25, -0.2) is 15.0 Å². The number of likely N-dealkylation sites (tertiary alicyclic amines) is 1. The van der Waals surface area contributed by atoms with Gasteiger partial charge in [-0.3, -0.25) is 14.0 Å². The minimum atomic E-state index is 0.293. The summed E-state index contributed by atoms with van der Waals surface area (Å²) >= 11 is 0. The third-order valence-corrected chi connectivity index (χ3v) is 7.77. The van der Waals surface area contributed by atoms with Gasteiger partial charge in [-0.15, -0.1) is 0 Å². The van der Waals surface area contributed by atoms with Gasteiger partial charge in [0.05, 0.1) is 42.5 Å². The second-order valence-corrected chi connectivity index (χ2v) is 10.3. The van der Waals surface area contributed by atoms with E-state index < -0.39 is 0 Å². The zero-order valence-electron chi connectivity index (χ0n) is 21.8. The summed E-state index contributed by atoms with van der Waals surface area (Å²) in [4.78, 5) is 16.0. The first kappa shape index (κ1) is 23.8. The summed E-state index contributed by atoms with van der Waals surface area (Å²) in [5.41, 5.74) is 6.22. The lowest BCUT2D eigenvalue weighted by Crippen LogP contribution is -2.71. The Hall–Kier alpha value is -4.28. The maximum absolute atomic E-state index is 6.05. The number of ether oxygens (including phenoxy) is 2. The van der Waals surface area contributed by atoms with Crippen LogP contribution in [-0.2, 0) is 18.3 Å². The van der Waals surface area contributed by atoms with Crippen molar-refractivity contribution in [2.24, 2.45) is 7.05 Å². The van der Waals surface area contributed by atoms with Crippen molar-refractivity contribution >= 4 is 11.5 Å². The van der Waals surface area contributed by atoms with Crippen molar-refractivity contribution in [1.82, 2.24) is 34.0 Å². The van der Waals surface area contributed by atoms with Gasteiger partial charge in [0.1, 0.15) is 30.1 Å². The summed E-state index contributed by atoms with van der Waals surface area (Å²) < 4.78 is 15.3. The molecule has 39 heavy (non-hydrogen) atoms. The Morgan fingerprint density at radius 2 is 1.92 bits per heavy atom. The molecule has 0 radical (unpaired) electrons. The molecule has 2 saturated heterocycles. The molecule has 5 aromatic rings. The fourth-order valence-electron chi connectivity index (χ4n) is 5.29. The highest BCUT2D eigenvalue weighted by molar-refractivity contribution is 5.64. The average Bonchev–Trinajstić information content (AvgIpc) is 3.55. The normalized spacial score (nSPS) is 16.2. The average molecular weight is 523 g/mol. The lowest BCUT2D eigenvalue weighted by atomic mass is 9.83. The second-order valence-electron chi connectivity index (χ2n) is 10.3. The molecule has 4 aromatic heterocycles. The van der Waals surface area contributed by atoms with Gasteiger partial charge in [-0.1, -0.05) is 24.3 Å². The van der Waals surface area contributed by atoms with Crippen molar-refractivity contribution in [1.29, 1.82) is 0 Å². The number of nitrogens with one attached hydrogen (secondary N) is 1. The van der Waals surface area contributed by atoms with Crippen molar-refractivity contribution in [2.45, 2.75) is 18.5 Å². The van der Waals surface area contributed by atoms with Gasteiger partial charge >= 0.3 is 0 Å². The quantitative estimate of drug-likeness (QED) is 0.314. The second kappa shape index (κ2) is 9.79. The standard InChI is InChI=1S/C29H30N8O2/c1-35-17-23(15-34-35)22-4-2-21(3-5-22)14-30-27-13-25(32-20-33-27)26-16-31-28-12-24(6-8-37(26)28)39-11-10-36-9-7-29(36)18-38-19-29/h2-6,8,12-13,15-17,20H,7,9-11,14,18-19H2,1H3,(H,30,32,33). The number of pyridine rings is 1. The first-order valence-corrected chi connectivity index (χ1v) is 13.2. The van der Waals surface area contributed by atoms with Crippen molar-refractivity contribution < 1.29 is 9.47 Å². The van der Waals surface area contributed by atoms with E-state index in [2.05, 4.69) is 54.5 Å². The summed E-state index contributed by atoms with van der Waals surface area (Å²) in [5, 5.41) is 7.66. The third-order valence-electron chi connectivity index (χ3n) is 7.77. The van der Waals surface area contributed by atoms with Gasteiger partial charge in [-0.05, 0) is 23.6 Å². The van der Waals surface area contributed by atoms with Crippen LogP contribution in [0.25, 0.3) is 28.2 Å². The predicted octanol–water partition coefficient (Wildman–Crippen LogP) is 3.66. The number of aromatic nitrogens is 6. The molecule has 0 atom stereocenters. The number of imidazole rings is 1. The van der Waals surface area contributed by atoms with Crippen LogP contribution in [0.5, 0.6) is 5.75 Å². The number of nitrogens with zero attached hydrogens (tertiary/aromatic N) is 7. The van der Waals surface area contributed by atoms with E-state index in [1.807, 2.05) is 59.1 Å². The third kappa shape index (κ3) is 4.62. The van der Waals surface area contributed by atoms with E-state index in [0.29, 0.717) is 18.7 Å². The zero-order chi connectivity index (χ0) is 26.2. The molecule has 1 aromatic carbocycles. The fourth-order valence-corrected chi connectivity index (χ4v) is 5.29. The molecule has 2 aliphatic rings. The first-order chi connectivity index (χ1) is 19.1. The van der Waals surface area contributed by atoms with E-state index in [1.165, 1.54) is 6.42 Å². The van der Waals surface area contributed by atoms with Gasteiger partial charge in [-0.2, -0.15) is 5.10 Å². The molecule has 1 spiro atoms. The minimum Gasteiger partial charge on any atom is -0.492 e. The molecule has 1 N–H and O–H groups in total. The number of anilines is 1. The summed E-state index contributed by atoms with van der Waals surface area (Å²) in [6, 6.07) is 14.4. The van der Waals surface area contributed by atoms with Gasteiger partial charge in [0, 0.05) is 56.8 Å². The molecule has 0 saturated carbocycles. The van der Waals surface area contributed by atoms with Crippen LogP contribution < -0.4 is 10.1 Å². The first-order valence-electron chi connectivity index (χ1n) is 13.2. The Morgan fingerprint density at radius 1 is 1.03 bits per heavy atom. The van der Waals surface area contributed by atoms with Crippen LogP contribution in [0.4, 0.5) is 5.82 Å². The van der Waals surface area contributed by atoms with Crippen LogP contribution in [0, 0.1) is 0 Å². The van der Waals surface area contributed by atoms with E-state index in [1.54, 1.807) is 6.33 Å². The van der Waals surface area contributed by atoms with Crippen LogP contribution in [-0.4, -0.2) is 72.5 Å². The Balaban J connectivity index is 0.988. The maximum Gasteiger partial charge on any atom is 0.140 e. The number of benzene rings is 1. The summed E-state index contributed by atoms with van der Waals surface area (Å²) in [5.74, 6) is 1.57. The molecule has 10 heteroatoms. The molecule has 6 heterocycles. The molecule has 0 bridgehead atoms. The largest absolute Gasteiger partial charge is 0.492 e. The van der Waals surface area contributed by atoms with Gasteiger partial charge in [0.25, 0.3) is 0 Å². The Kier molecular flexibility index (Phi) is 5.98. The van der Waals surface area contributed by atoms with Gasteiger partial charge in [0.2, 0.25) is 0 Å². The van der Waals surface area contributed by atoms with Gasteiger partial charge < -0.3 is 14.8 Å². The number of rotatable bonds is 9. The molecular weight excluding hydrogens is 492 g/mol. The molecule has 0 aliphatic carbocycles. The Bertz CT molecular complexity index is 1600. The van der Waals surface area contributed by atoms with E-state index in [0.717, 1.165) is 71.6 Å². The zero-order valence-corrected chi connectivity index (χ0v) is 21.8. The summed E-state index contributed by atoms with van der Waals surface area (Å²) in [7, 11) is 1.92. The topological polar surface area (TPSA) is 94.6 Å². The van der Waals surface area contributed by atoms with Crippen LogP contribution >= 0.6 is 0 Å². The maximum atomic E-state index is 6.05. The van der Waals surface area contributed by atoms with Crippen molar-refractivity contribution in [2.75, 3.05) is 38.2 Å². The van der Waals surface area contributed by atoms with E-state index in [-0.39, 0.29) is 0 Å². The summed E-state index contributed by atoms with van der Waals surface area (Å²) in [6.07, 6.45) is 10.5. The molecule has 0 unspecified atom stereocenters. The molecule has 2 aliphatic heterocycles. The highest BCUT2D eigenvalue weighted by Gasteiger charge is 2.50. The highest BCUT2D eigenvalue weighted by Crippen LogP contribution is 2.36. The molecule has 2 fully saturated rings. The Morgan fingerprint density at radius 3 is 2.67 bits per heavy atom. The van der Waals surface area contributed by atoms with Crippen LogP contribution in [0.1, 0.15) is 12.0 Å². The molecular formula is C29H30N8O2. The summed E-state index contributed by atoms with van der Waals surface area (Å²) in [6.45, 7) is 5.07. The molecule has 10 nitrogen and oxygen atoms in total. The number of hydrogen-bond acceptors (Lipinski definition) is 8. The minimum absolute atomic E-state index is 0.293. The highest BCUT2D eigenvalue weighted by atomic mass is 16.5. The smallest absolute Gasteiger partial charge is 0.140 e. The Labute approximate surface area is 226 Å². The van der Waals surface area contributed by atoms with Crippen LogP contribution in [0.3, 0.4) is 0 Å². The molecule has 0 amide bonds. The van der Waals surface area contributed by atoms with Crippen LogP contribution in [0.2, 0.25) is 0 Å².